The summed E-state index contributed by atoms with van der Waals surface area (Å²) in [6, 6.07) is -1.47. The fourth-order valence-corrected chi connectivity index (χ4v) is 9.00. The molecule has 0 aromatic rings. The number of carbonyl (C=O) groups excluding carboxylic acids is 1. The molecular weight excluding hydrogens is 422 g/mol. The molecule has 0 spiro atoms. The highest BCUT2D eigenvalue weighted by atomic mass is 16.4. The van der Waals surface area contributed by atoms with Gasteiger partial charge in [0.25, 0.3) is 0 Å². The monoisotopic (exact) mass is 465 g/mol. The molecule has 0 saturated heterocycles. The van der Waals surface area contributed by atoms with Crippen LogP contribution in [0.5, 0.6) is 0 Å². The molecule has 4 aliphatic carbocycles. The van der Waals surface area contributed by atoms with E-state index in [-0.39, 0.29) is 52.9 Å². The first-order chi connectivity index (χ1) is 15.4. The number of carbonyl (C=O) groups is 2. The summed E-state index contributed by atoms with van der Waals surface area (Å²) >= 11 is 0. The Morgan fingerprint density at radius 3 is 2.39 bits per heavy atom. The summed E-state index contributed by atoms with van der Waals surface area (Å²) in [5, 5.41) is 42.1. The smallest absolute Gasteiger partial charge is 0.328 e. The van der Waals surface area contributed by atoms with Crippen LogP contribution in [0.25, 0.3) is 0 Å². The third-order valence-electron chi connectivity index (χ3n) is 11.0. The second kappa shape index (κ2) is 8.89. The van der Waals surface area contributed by atoms with E-state index in [0.717, 1.165) is 38.5 Å². The van der Waals surface area contributed by atoms with Crippen LogP contribution in [-0.4, -0.2) is 56.5 Å². The Morgan fingerprint density at radius 1 is 1.03 bits per heavy atom. The van der Waals surface area contributed by atoms with Crippen LogP contribution in [0.15, 0.2) is 0 Å². The second-order valence-electron chi connectivity index (χ2n) is 12.3. The molecule has 7 nitrogen and oxygen atoms in total. The summed E-state index contributed by atoms with van der Waals surface area (Å²) < 4.78 is 0. The lowest BCUT2D eigenvalue weighted by atomic mass is 9.43. The molecule has 7 heteroatoms. The fourth-order valence-electron chi connectivity index (χ4n) is 9.00. The van der Waals surface area contributed by atoms with Gasteiger partial charge in [0, 0.05) is 6.42 Å². The van der Waals surface area contributed by atoms with Gasteiger partial charge in [0.2, 0.25) is 0 Å². The minimum absolute atomic E-state index is 0.0501. The maximum Gasteiger partial charge on any atom is 0.328 e. The Morgan fingerprint density at radius 2 is 1.73 bits per heavy atom. The van der Waals surface area contributed by atoms with Gasteiger partial charge in [0.05, 0.1) is 18.3 Å². The average Bonchev–Trinajstić information content (AvgIpc) is 3.11. The number of ketones is 1. The van der Waals surface area contributed by atoms with Crippen molar-refractivity contribution in [2.75, 3.05) is 0 Å². The molecule has 0 amide bonds. The Balaban J connectivity index is 1.52. The van der Waals surface area contributed by atoms with Gasteiger partial charge in [-0.2, -0.15) is 0 Å². The molecule has 12 atom stereocenters. The SMILES string of the molecule is C[C@H](CCC(=O)C(N)C(=O)O)[C@H]1CC[C@H]2[C@@H]3[C@H](O)CC4C[C@H](O)CC[C@]4(C)[C@H]3C[C@H](O)[C@]12C. The molecular formula is C26H43NO6. The van der Waals surface area contributed by atoms with Crippen molar-refractivity contribution in [3.8, 4) is 0 Å². The largest absolute Gasteiger partial charge is 0.480 e. The molecule has 0 aromatic carbocycles. The number of carboxylic acid groups (broad SMARTS) is 1. The Kier molecular flexibility index (Phi) is 6.75. The van der Waals surface area contributed by atoms with Crippen molar-refractivity contribution in [2.24, 2.45) is 52.1 Å². The number of Topliss-reactive ketones (excluding diaryl/α,β-unsaturated/α-hetero) is 1. The molecule has 4 rings (SSSR count). The maximum absolute atomic E-state index is 12.1. The highest BCUT2D eigenvalue weighted by molar-refractivity contribution is 6.01. The predicted molar refractivity (Wildman–Crippen MR) is 123 cm³/mol. The van der Waals surface area contributed by atoms with Crippen molar-refractivity contribution in [1.82, 2.24) is 0 Å². The number of hydrogen-bond donors (Lipinski definition) is 5. The van der Waals surface area contributed by atoms with Gasteiger partial charge in [-0.1, -0.05) is 20.8 Å². The summed E-state index contributed by atoms with van der Waals surface area (Å²) in [6.45, 7) is 6.62. The topological polar surface area (TPSA) is 141 Å². The van der Waals surface area contributed by atoms with E-state index in [9.17, 15) is 24.9 Å². The normalized spacial score (nSPS) is 48.8. The molecule has 4 aliphatic rings. The van der Waals surface area contributed by atoms with Crippen molar-refractivity contribution in [3.63, 3.8) is 0 Å². The second-order valence-corrected chi connectivity index (χ2v) is 12.3. The van der Waals surface area contributed by atoms with E-state index < -0.39 is 30.0 Å². The van der Waals surface area contributed by atoms with Gasteiger partial charge in [0.1, 0.15) is 0 Å². The van der Waals surface area contributed by atoms with Crippen LogP contribution in [0.3, 0.4) is 0 Å². The number of rotatable bonds is 6. The highest BCUT2D eigenvalue weighted by Gasteiger charge is 2.65. The molecule has 0 bridgehead atoms. The lowest BCUT2D eigenvalue weighted by molar-refractivity contribution is -0.207. The van der Waals surface area contributed by atoms with Crippen LogP contribution in [0.2, 0.25) is 0 Å². The van der Waals surface area contributed by atoms with Crippen LogP contribution < -0.4 is 5.73 Å². The zero-order chi connectivity index (χ0) is 24.3. The Hall–Kier alpha value is -1.02. The minimum atomic E-state index is -1.47. The van der Waals surface area contributed by atoms with Crippen LogP contribution >= 0.6 is 0 Å². The van der Waals surface area contributed by atoms with Crippen molar-refractivity contribution in [3.05, 3.63) is 0 Å². The molecule has 4 saturated carbocycles. The number of carboxylic acids is 1. The Labute approximate surface area is 197 Å². The van der Waals surface area contributed by atoms with E-state index in [1.165, 1.54) is 0 Å². The van der Waals surface area contributed by atoms with Crippen LogP contribution in [0.4, 0.5) is 0 Å². The Bertz CT molecular complexity index is 774. The van der Waals surface area contributed by atoms with E-state index >= 15 is 0 Å². The lowest BCUT2D eigenvalue weighted by Crippen LogP contribution is -2.62. The zero-order valence-corrected chi connectivity index (χ0v) is 20.3. The van der Waals surface area contributed by atoms with Crippen molar-refractivity contribution in [2.45, 2.75) is 103 Å². The molecule has 2 unspecified atom stereocenters. The quantitative estimate of drug-likeness (QED) is 0.379. The van der Waals surface area contributed by atoms with E-state index in [1.807, 2.05) is 0 Å². The number of aliphatic hydroxyl groups is 3. The van der Waals surface area contributed by atoms with Crippen LogP contribution in [0, 0.1) is 46.3 Å². The minimum Gasteiger partial charge on any atom is -0.480 e. The molecule has 0 aliphatic heterocycles. The summed E-state index contributed by atoms with van der Waals surface area (Å²) in [5.41, 5.74) is 5.21. The number of fused-ring (bicyclic) bond motifs is 5. The molecule has 0 heterocycles. The van der Waals surface area contributed by atoms with Gasteiger partial charge in [-0.25, -0.2) is 0 Å². The summed E-state index contributed by atoms with van der Waals surface area (Å²) in [7, 11) is 0. The molecule has 33 heavy (non-hydrogen) atoms. The molecule has 188 valence electrons. The summed E-state index contributed by atoms with van der Waals surface area (Å²) in [4.78, 5) is 23.2. The van der Waals surface area contributed by atoms with Crippen molar-refractivity contribution < 1.29 is 30.0 Å². The maximum atomic E-state index is 12.1. The van der Waals surface area contributed by atoms with Gasteiger partial charge >= 0.3 is 5.97 Å². The highest BCUT2D eigenvalue weighted by Crippen LogP contribution is 2.68. The molecule has 6 N–H and O–H groups in total. The lowest BCUT2D eigenvalue weighted by Gasteiger charge is -2.63. The third-order valence-corrected chi connectivity index (χ3v) is 11.0. The summed E-state index contributed by atoms with van der Waals surface area (Å²) in [5.74, 6) is -0.402. The molecule has 4 fully saturated rings. The van der Waals surface area contributed by atoms with Gasteiger partial charge in [-0.3, -0.25) is 9.59 Å². The van der Waals surface area contributed by atoms with Gasteiger partial charge < -0.3 is 26.2 Å². The number of aliphatic hydroxyl groups excluding tert-OH is 3. The summed E-state index contributed by atoms with van der Waals surface area (Å²) in [6.07, 6.45) is 5.39. The third kappa shape index (κ3) is 3.97. The number of aliphatic carboxylic acids is 1. The van der Waals surface area contributed by atoms with Gasteiger partial charge in [0.15, 0.2) is 11.8 Å². The first kappa shape index (κ1) is 25.1. The van der Waals surface area contributed by atoms with Gasteiger partial charge in [-0.05, 0) is 97.7 Å². The van der Waals surface area contributed by atoms with Crippen molar-refractivity contribution >= 4 is 11.8 Å². The van der Waals surface area contributed by atoms with Crippen molar-refractivity contribution in [1.29, 1.82) is 0 Å². The van der Waals surface area contributed by atoms with E-state index in [2.05, 4.69) is 20.8 Å². The van der Waals surface area contributed by atoms with Crippen LogP contribution in [-0.2, 0) is 9.59 Å². The van der Waals surface area contributed by atoms with Crippen LogP contribution in [0.1, 0.15) is 78.6 Å². The first-order valence-corrected chi connectivity index (χ1v) is 13.0. The molecule has 0 radical (unpaired) electrons. The average molecular weight is 466 g/mol. The van der Waals surface area contributed by atoms with E-state index in [1.54, 1.807) is 0 Å². The first-order valence-electron chi connectivity index (χ1n) is 13.0. The fraction of sp³-hybridized carbons (Fsp3) is 0.923. The predicted octanol–water partition coefficient (Wildman–Crippen LogP) is 2.35. The van der Waals surface area contributed by atoms with E-state index in [4.69, 9.17) is 10.8 Å². The standard InChI is InChI=1S/C26H43NO6/c1-13(4-7-19(29)23(27)24(32)33)16-5-6-17-22-18(12-21(31)26(16,17)3)25(2)9-8-15(28)10-14(25)11-20(22)30/h13-18,20-23,28,30-31H,4-12,27H2,1-3H3,(H,32,33)/t13-,14?,15-,16-,17+,18+,20-,21+,22+,23?,25+,26-/m1/s1. The number of nitrogens with two attached hydrogens (primary N) is 1. The molecule has 0 aromatic heterocycles. The van der Waals surface area contributed by atoms with E-state index in [0.29, 0.717) is 18.8 Å². The zero-order valence-electron chi connectivity index (χ0n) is 20.3. The van der Waals surface area contributed by atoms with Gasteiger partial charge in [-0.15, -0.1) is 0 Å². The number of hydrogen-bond acceptors (Lipinski definition) is 6.